The van der Waals surface area contributed by atoms with Gasteiger partial charge < -0.3 is 10.2 Å². The largest absolute Gasteiger partial charge is 0.367 e. The third-order valence-electron chi connectivity index (χ3n) is 3.26. The Morgan fingerprint density at radius 2 is 2.28 bits per heavy atom. The monoisotopic (exact) mass is 270 g/mol. The Kier molecular flexibility index (Phi) is 4.46. The Morgan fingerprint density at radius 1 is 1.50 bits per heavy atom. The first-order chi connectivity index (χ1) is 8.56. The highest BCUT2D eigenvalue weighted by Crippen LogP contribution is 2.27. The zero-order valence-electron chi connectivity index (χ0n) is 10.9. The van der Waals surface area contributed by atoms with Gasteiger partial charge in [0, 0.05) is 25.7 Å². The van der Waals surface area contributed by atoms with Gasteiger partial charge in [-0.2, -0.15) is 0 Å². The average Bonchev–Trinajstić information content (AvgIpc) is 2.28. The molecule has 2 rings (SSSR count). The van der Waals surface area contributed by atoms with Crippen LogP contribution in [0.3, 0.4) is 0 Å². The number of hydrogen-bond donors (Lipinski definition) is 1. The van der Waals surface area contributed by atoms with Gasteiger partial charge in [0.05, 0.1) is 10.7 Å². The van der Waals surface area contributed by atoms with Crippen LogP contribution in [0.5, 0.6) is 0 Å². The van der Waals surface area contributed by atoms with Crippen molar-refractivity contribution in [1.29, 1.82) is 0 Å². The molecule has 1 atom stereocenters. The Morgan fingerprint density at radius 3 is 2.94 bits per heavy atom. The third-order valence-corrected chi connectivity index (χ3v) is 3.56. The number of rotatable bonds is 3. The van der Waals surface area contributed by atoms with Crippen LogP contribution >= 0.6 is 11.6 Å². The molecule has 4 heteroatoms. The molecule has 0 saturated carbocycles. The molecule has 1 aliphatic rings. The first-order valence-corrected chi connectivity index (χ1v) is 6.87. The van der Waals surface area contributed by atoms with E-state index in [0.717, 1.165) is 31.7 Å². The van der Waals surface area contributed by atoms with E-state index >= 15 is 0 Å². The lowest BCUT2D eigenvalue weighted by molar-refractivity contribution is 0.388. The summed E-state index contributed by atoms with van der Waals surface area (Å²) in [6.45, 7) is 7.26. The number of nitrogens with one attached hydrogen (secondary N) is 1. The second kappa shape index (κ2) is 5.89. The molecule has 18 heavy (non-hydrogen) atoms. The minimum absolute atomic E-state index is 0.280. The van der Waals surface area contributed by atoms with Gasteiger partial charge in [-0.3, -0.25) is 0 Å². The molecule has 1 aromatic rings. The molecular weight excluding hydrogens is 251 g/mol. The lowest BCUT2D eigenvalue weighted by Gasteiger charge is -2.36. The molecule has 1 fully saturated rings. The normalized spacial score (nSPS) is 20.5. The maximum absolute atomic E-state index is 13.0. The zero-order valence-corrected chi connectivity index (χ0v) is 11.7. The van der Waals surface area contributed by atoms with Crippen LogP contribution < -0.4 is 10.2 Å². The van der Waals surface area contributed by atoms with Gasteiger partial charge in [0.25, 0.3) is 0 Å². The van der Waals surface area contributed by atoms with Crippen LogP contribution in [0.4, 0.5) is 10.1 Å². The molecule has 0 bridgehead atoms. The Labute approximate surface area is 113 Å². The fourth-order valence-corrected chi connectivity index (χ4v) is 2.80. The maximum atomic E-state index is 13.0. The van der Waals surface area contributed by atoms with Gasteiger partial charge in [0.2, 0.25) is 0 Å². The van der Waals surface area contributed by atoms with Gasteiger partial charge in [-0.05, 0) is 30.5 Å². The molecule has 0 amide bonds. The van der Waals surface area contributed by atoms with Crippen molar-refractivity contribution in [2.24, 2.45) is 5.92 Å². The molecule has 1 unspecified atom stereocenters. The van der Waals surface area contributed by atoms with Crippen molar-refractivity contribution in [3.8, 4) is 0 Å². The summed E-state index contributed by atoms with van der Waals surface area (Å²) in [6, 6.07) is 5.12. The topological polar surface area (TPSA) is 15.3 Å². The van der Waals surface area contributed by atoms with Crippen LogP contribution in [0.1, 0.15) is 20.3 Å². The molecular formula is C14H20ClFN2. The van der Waals surface area contributed by atoms with Gasteiger partial charge in [-0.1, -0.05) is 25.4 Å². The number of halogens is 2. The fourth-order valence-electron chi connectivity index (χ4n) is 2.51. The number of anilines is 1. The maximum Gasteiger partial charge on any atom is 0.124 e. The fraction of sp³-hybridized carbons (Fsp3) is 0.571. The number of nitrogens with zero attached hydrogens (tertiary/aromatic N) is 1. The summed E-state index contributed by atoms with van der Waals surface area (Å²) in [4.78, 5) is 2.24. The van der Waals surface area contributed by atoms with Gasteiger partial charge in [-0.25, -0.2) is 4.39 Å². The van der Waals surface area contributed by atoms with E-state index in [4.69, 9.17) is 11.6 Å². The Hall–Kier alpha value is -0.800. The Bertz CT molecular complexity index is 409. The van der Waals surface area contributed by atoms with Crippen LogP contribution in [0.25, 0.3) is 0 Å². The average molecular weight is 271 g/mol. The first-order valence-electron chi connectivity index (χ1n) is 6.49. The number of piperazine rings is 1. The highest BCUT2D eigenvalue weighted by atomic mass is 35.5. The lowest BCUT2D eigenvalue weighted by Crippen LogP contribution is -2.51. The molecule has 0 radical (unpaired) electrons. The quantitative estimate of drug-likeness (QED) is 0.907. The van der Waals surface area contributed by atoms with E-state index in [1.807, 2.05) is 0 Å². The van der Waals surface area contributed by atoms with Gasteiger partial charge >= 0.3 is 0 Å². The smallest absolute Gasteiger partial charge is 0.124 e. The summed E-state index contributed by atoms with van der Waals surface area (Å²) in [6.07, 6.45) is 1.15. The van der Waals surface area contributed by atoms with Crippen molar-refractivity contribution >= 4 is 17.3 Å². The van der Waals surface area contributed by atoms with Crippen molar-refractivity contribution in [2.45, 2.75) is 26.3 Å². The van der Waals surface area contributed by atoms with Crippen LogP contribution in [-0.4, -0.2) is 25.7 Å². The van der Waals surface area contributed by atoms with Crippen LogP contribution in [-0.2, 0) is 0 Å². The lowest BCUT2D eigenvalue weighted by atomic mass is 10.0. The molecule has 100 valence electrons. The standard InChI is InChI=1S/C14H20ClFN2/c1-10(2)7-12-9-18(6-5-17-12)14-4-3-11(16)8-13(14)15/h3-4,8,10,12,17H,5-7,9H2,1-2H3. The van der Waals surface area contributed by atoms with Gasteiger partial charge in [0.15, 0.2) is 0 Å². The molecule has 1 heterocycles. The summed E-state index contributed by atoms with van der Waals surface area (Å²) >= 11 is 6.11. The van der Waals surface area contributed by atoms with Crippen molar-refractivity contribution in [2.75, 3.05) is 24.5 Å². The molecule has 0 spiro atoms. The molecule has 0 aliphatic carbocycles. The summed E-state index contributed by atoms with van der Waals surface area (Å²) in [5, 5.41) is 4.02. The predicted octanol–water partition coefficient (Wildman–Crippen LogP) is 3.30. The van der Waals surface area contributed by atoms with Crippen LogP contribution in [0.2, 0.25) is 5.02 Å². The second-order valence-electron chi connectivity index (χ2n) is 5.32. The van der Waals surface area contributed by atoms with Crippen LogP contribution in [0, 0.1) is 11.7 Å². The van der Waals surface area contributed by atoms with Crippen molar-refractivity contribution in [3.63, 3.8) is 0 Å². The highest BCUT2D eigenvalue weighted by molar-refractivity contribution is 6.33. The summed E-state index contributed by atoms with van der Waals surface area (Å²) in [5.41, 5.74) is 0.938. The van der Waals surface area contributed by atoms with E-state index in [2.05, 4.69) is 24.1 Å². The van der Waals surface area contributed by atoms with E-state index in [1.165, 1.54) is 12.1 Å². The van der Waals surface area contributed by atoms with E-state index < -0.39 is 0 Å². The zero-order chi connectivity index (χ0) is 13.1. The van der Waals surface area contributed by atoms with E-state index in [-0.39, 0.29) is 5.82 Å². The van der Waals surface area contributed by atoms with Crippen molar-refractivity contribution in [3.05, 3.63) is 29.0 Å². The number of hydrogen-bond acceptors (Lipinski definition) is 2. The minimum atomic E-state index is -0.280. The molecule has 2 nitrogen and oxygen atoms in total. The molecule has 1 aliphatic heterocycles. The van der Waals surface area contributed by atoms with E-state index in [1.54, 1.807) is 6.07 Å². The van der Waals surface area contributed by atoms with Gasteiger partial charge in [-0.15, -0.1) is 0 Å². The minimum Gasteiger partial charge on any atom is -0.367 e. The molecule has 0 aromatic heterocycles. The first kappa shape index (κ1) is 13.6. The summed E-state index contributed by atoms with van der Waals surface area (Å²) in [5.74, 6) is 0.392. The molecule has 1 aromatic carbocycles. The molecule has 1 saturated heterocycles. The van der Waals surface area contributed by atoms with Crippen molar-refractivity contribution in [1.82, 2.24) is 5.32 Å². The summed E-state index contributed by atoms with van der Waals surface area (Å²) < 4.78 is 13.0. The van der Waals surface area contributed by atoms with Crippen molar-refractivity contribution < 1.29 is 4.39 Å². The molecule has 1 N–H and O–H groups in total. The third kappa shape index (κ3) is 3.36. The van der Waals surface area contributed by atoms with E-state index in [0.29, 0.717) is 17.0 Å². The highest BCUT2D eigenvalue weighted by Gasteiger charge is 2.21. The summed E-state index contributed by atoms with van der Waals surface area (Å²) in [7, 11) is 0. The Balaban J connectivity index is 2.08. The van der Waals surface area contributed by atoms with Crippen LogP contribution in [0.15, 0.2) is 18.2 Å². The SMILES string of the molecule is CC(C)CC1CN(c2ccc(F)cc2Cl)CCN1. The van der Waals surface area contributed by atoms with E-state index in [9.17, 15) is 4.39 Å². The predicted molar refractivity (Wildman–Crippen MR) is 74.9 cm³/mol. The second-order valence-corrected chi connectivity index (χ2v) is 5.73. The number of benzene rings is 1. The van der Waals surface area contributed by atoms with Gasteiger partial charge in [0.1, 0.15) is 5.82 Å².